The van der Waals surface area contributed by atoms with Crippen LogP contribution >= 0.6 is 11.6 Å². The monoisotopic (exact) mass is 406 g/mol. The smallest absolute Gasteiger partial charge is 0.382 e. The summed E-state index contributed by atoms with van der Waals surface area (Å²) in [7, 11) is 0. The zero-order chi connectivity index (χ0) is 19.9. The van der Waals surface area contributed by atoms with Crippen molar-refractivity contribution in [3.8, 4) is 28.7 Å². The second-order valence-electron chi connectivity index (χ2n) is 5.69. The summed E-state index contributed by atoms with van der Waals surface area (Å²) in [6.07, 6.45) is -4.50. The quantitative estimate of drug-likeness (QED) is 0.546. The van der Waals surface area contributed by atoms with Crippen molar-refractivity contribution in [1.29, 1.82) is 0 Å². The first kappa shape index (κ1) is 18.0. The van der Waals surface area contributed by atoms with E-state index in [1.165, 1.54) is 12.1 Å². The van der Waals surface area contributed by atoms with Gasteiger partial charge in [0.2, 0.25) is 5.82 Å². The summed E-state index contributed by atoms with van der Waals surface area (Å²) >= 11 is 6.11. The van der Waals surface area contributed by atoms with Crippen molar-refractivity contribution >= 4 is 17.4 Å². The molecule has 0 aliphatic rings. The highest BCUT2D eigenvalue weighted by Gasteiger charge is 2.31. The largest absolute Gasteiger partial charge is 0.416 e. The van der Waals surface area contributed by atoms with Crippen LogP contribution in [-0.4, -0.2) is 25.1 Å². The first-order chi connectivity index (χ1) is 13.3. The van der Waals surface area contributed by atoms with Gasteiger partial charge in [0.25, 0.3) is 5.89 Å². The standard InChI is InChI=1S/C17H10ClF3N6O/c18-12-7-2-1-6-11(12)15-23-16(28-25-15)13-14(22)27(26-24-13)10-5-3-4-9(8-10)17(19,20)21/h1-8H,22H2. The zero-order valence-electron chi connectivity index (χ0n) is 13.9. The number of halogens is 4. The van der Waals surface area contributed by atoms with Crippen LogP contribution < -0.4 is 5.73 Å². The van der Waals surface area contributed by atoms with Gasteiger partial charge in [0.05, 0.1) is 16.3 Å². The van der Waals surface area contributed by atoms with E-state index in [1.54, 1.807) is 24.3 Å². The molecule has 7 nitrogen and oxygen atoms in total. The molecule has 2 aromatic carbocycles. The molecule has 0 radical (unpaired) electrons. The average molecular weight is 407 g/mol. The molecule has 0 saturated heterocycles. The Kier molecular flexibility index (Phi) is 4.27. The van der Waals surface area contributed by atoms with E-state index in [1.807, 2.05) is 0 Å². The summed E-state index contributed by atoms with van der Waals surface area (Å²) in [5.41, 5.74) is 5.86. The fourth-order valence-corrected chi connectivity index (χ4v) is 2.74. The van der Waals surface area contributed by atoms with Gasteiger partial charge in [-0.1, -0.05) is 40.2 Å². The number of alkyl halides is 3. The molecule has 0 aliphatic carbocycles. The summed E-state index contributed by atoms with van der Waals surface area (Å²) in [4.78, 5) is 4.20. The fourth-order valence-electron chi connectivity index (χ4n) is 2.52. The molecule has 2 aromatic heterocycles. The SMILES string of the molecule is Nc1c(-c2nc(-c3ccccc3Cl)no2)nnn1-c1cccc(C(F)(F)F)c1. The highest BCUT2D eigenvalue weighted by molar-refractivity contribution is 6.33. The normalized spacial score (nSPS) is 11.7. The molecule has 0 fully saturated rings. The van der Waals surface area contributed by atoms with E-state index in [0.29, 0.717) is 10.6 Å². The second-order valence-corrected chi connectivity index (χ2v) is 6.09. The Bertz CT molecular complexity index is 1150. The van der Waals surface area contributed by atoms with Crippen LogP contribution in [0.2, 0.25) is 5.02 Å². The summed E-state index contributed by atoms with van der Waals surface area (Å²) in [6.45, 7) is 0. The lowest BCUT2D eigenvalue weighted by molar-refractivity contribution is -0.137. The molecule has 0 aliphatic heterocycles. The van der Waals surface area contributed by atoms with Gasteiger partial charge in [-0.15, -0.1) is 5.10 Å². The molecule has 0 saturated carbocycles. The van der Waals surface area contributed by atoms with E-state index in [-0.39, 0.29) is 28.9 Å². The molecule has 0 bridgehead atoms. The van der Waals surface area contributed by atoms with Gasteiger partial charge >= 0.3 is 6.18 Å². The Labute approximate surface area is 160 Å². The van der Waals surface area contributed by atoms with E-state index in [9.17, 15) is 13.2 Å². The van der Waals surface area contributed by atoms with Crippen molar-refractivity contribution in [2.24, 2.45) is 0 Å². The minimum absolute atomic E-state index is 0.0364. The number of nitrogens with two attached hydrogens (primary N) is 1. The van der Waals surface area contributed by atoms with Crippen molar-refractivity contribution in [3.63, 3.8) is 0 Å². The predicted octanol–water partition coefficient (Wildman–Crippen LogP) is 4.24. The first-order valence-electron chi connectivity index (χ1n) is 7.82. The second kappa shape index (κ2) is 6.64. The summed E-state index contributed by atoms with van der Waals surface area (Å²) in [5, 5.41) is 11.9. The molecule has 0 unspecified atom stereocenters. The molecular formula is C17H10ClF3N6O. The molecule has 0 spiro atoms. The molecule has 4 aromatic rings. The first-order valence-corrected chi connectivity index (χ1v) is 8.20. The number of nitrogen functional groups attached to an aromatic ring is 1. The minimum atomic E-state index is -4.50. The van der Waals surface area contributed by atoms with Crippen LogP contribution in [0.4, 0.5) is 19.0 Å². The van der Waals surface area contributed by atoms with Gasteiger partial charge < -0.3 is 10.3 Å². The highest BCUT2D eigenvalue weighted by Crippen LogP contribution is 2.32. The molecule has 0 atom stereocenters. The summed E-state index contributed by atoms with van der Waals surface area (Å²) in [6, 6.07) is 11.4. The molecule has 4 rings (SSSR count). The maximum atomic E-state index is 12.9. The van der Waals surface area contributed by atoms with E-state index < -0.39 is 11.7 Å². The predicted molar refractivity (Wildman–Crippen MR) is 94.5 cm³/mol. The molecule has 142 valence electrons. The molecular weight excluding hydrogens is 397 g/mol. The maximum absolute atomic E-state index is 12.9. The third-order valence-electron chi connectivity index (χ3n) is 3.87. The van der Waals surface area contributed by atoms with Crippen LogP contribution in [-0.2, 0) is 6.18 Å². The molecule has 28 heavy (non-hydrogen) atoms. The van der Waals surface area contributed by atoms with Crippen LogP contribution in [0, 0.1) is 0 Å². The maximum Gasteiger partial charge on any atom is 0.416 e. The van der Waals surface area contributed by atoms with Crippen LogP contribution in [0.25, 0.3) is 28.7 Å². The van der Waals surface area contributed by atoms with Gasteiger partial charge in [-0.25, -0.2) is 0 Å². The number of hydrogen-bond acceptors (Lipinski definition) is 6. The summed E-state index contributed by atoms with van der Waals surface area (Å²) in [5.74, 6) is 0.132. The topological polar surface area (TPSA) is 95.7 Å². The third-order valence-corrected chi connectivity index (χ3v) is 4.20. The lowest BCUT2D eigenvalue weighted by Gasteiger charge is -2.09. The van der Waals surface area contributed by atoms with Crippen LogP contribution in [0.15, 0.2) is 53.1 Å². The van der Waals surface area contributed by atoms with Gasteiger partial charge in [-0.05, 0) is 30.3 Å². The summed E-state index contributed by atoms with van der Waals surface area (Å²) < 4.78 is 45.0. The molecule has 2 heterocycles. The number of rotatable bonds is 3. The highest BCUT2D eigenvalue weighted by atomic mass is 35.5. The minimum Gasteiger partial charge on any atom is -0.382 e. The van der Waals surface area contributed by atoms with E-state index in [4.69, 9.17) is 21.9 Å². The molecule has 0 amide bonds. The Morgan fingerprint density at radius 3 is 2.61 bits per heavy atom. The van der Waals surface area contributed by atoms with Gasteiger partial charge in [0, 0.05) is 5.56 Å². The number of nitrogens with zero attached hydrogens (tertiary/aromatic N) is 5. The third kappa shape index (κ3) is 3.18. The van der Waals surface area contributed by atoms with Crippen molar-refractivity contribution in [1.82, 2.24) is 25.1 Å². The number of anilines is 1. The lowest BCUT2D eigenvalue weighted by atomic mass is 10.2. The van der Waals surface area contributed by atoms with Gasteiger partial charge in [-0.2, -0.15) is 22.8 Å². The van der Waals surface area contributed by atoms with Crippen molar-refractivity contribution < 1.29 is 17.7 Å². The van der Waals surface area contributed by atoms with Crippen LogP contribution in [0.1, 0.15) is 5.56 Å². The van der Waals surface area contributed by atoms with E-state index >= 15 is 0 Å². The number of aromatic nitrogens is 5. The Balaban J connectivity index is 1.72. The molecule has 11 heteroatoms. The van der Waals surface area contributed by atoms with Crippen molar-refractivity contribution in [3.05, 3.63) is 59.1 Å². The Hall–Kier alpha value is -3.40. The van der Waals surface area contributed by atoms with Gasteiger partial charge in [0.15, 0.2) is 11.5 Å². The van der Waals surface area contributed by atoms with Crippen LogP contribution in [0.3, 0.4) is 0 Å². The Morgan fingerprint density at radius 2 is 1.86 bits per heavy atom. The lowest BCUT2D eigenvalue weighted by Crippen LogP contribution is -2.08. The van der Waals surface area contributed by atoms with E-state index in [2.05, 4.69) is 20.5 Å². The number of benzene rings is 2. The van der Waals surface area contributed by atoms with Crippen LogP contribution in [0.5, 0.6) is 0 Å². The average Bonchev–Trinajstić information content (AvgIpc) is 3.28. The zero-order valence-corrected chi connectivity index (χ0v) is 14.6. The van der Waals surface area contributed by atoms with Gasteiger partial charge in [0.1, 0.15) is 0 Å². The molecule has 2 N–H and O–H groups in total. The fraction of sp³-hybridized carbons (Fsp3) is 0.0588. The number of hydrogen-bond donors (Lipinski definition) is 1. The van der Waals surface area contributed by atoms with Gasteiger partial charge in [-0.3, -0.25) is 0 Å². The van der Waals surface area contributed by atoms with Crippen molar-refractivity contribution in [2.75, 3.05) is 5.73 Å². The van der Waals surface area contributed by atoms with Crippen molar-refractivity contribution in [2.45, 2.75) is 6.18 Å². The Morgan fingerprint density at radius 1 is 1.07 bits per heavy atom. The van der Waals surface area contributed by atoms with E-state index in [0.717, 1.165) is 16.8 Å².